The highest BCUT2D eigenvalue weighted by molar-refractivity contribution is 9.10. The molecule has 5 heteroatoms. The van der Waals surface area contributed by atoms with E-state index in [2.05, 4.69) is 15.9 Å². The first-order valence-corrected chi connectivity index (χ1v) is 6.46. The summed E-state index contributed by atoms with van der Waals surface area (Å²) in [6.07, 6.45) is 0.595. The number of aldehydes is 1. The molecule has 1 aromatic heterocycles. The molecule has 0 atom stereocenters. The highest BCUT2D eigenvalue weighted by Crippen LogP contribution is 2.22. The largest absolute Gasteiger partial charge is 0.488 e. The van der Waals surface area contributed by atoms with Crippen molar-refractivity contribution in [3.8, 4) is 5.75 Å². The van der Waals surface area contributed by atoms with Gasteiger partial charge in [0.25, 0.3) is 0 Å². The number of halogens is 2. The van der Waals surface area contributed by atoms with E-state index in [0.717, 1.165) is 9.35 Å². The van der Waals surface area contributed by atoms with Gasteiger partial charge >= 0.3 is 0 Å². The van der Waals surface area contributed by atoms with E-state index in [1.165, 1.54) is 18.2 Å². The van der Waals surface area contributed by atoms with Gasteiger partial charge < -0.3 is 4.74 Å². The van der Waals surface area contributed by atoms with Crippen LogP contribution in [-0.4, -0.2) is 6.29 Å². The van der Waals surface area contributed by atoms with Crippen LogP contribution < -0.4 is 4.74 Å². The van der Waals surface area contributed by atoms with E-state index in [1.54, 1.807) is 11.3 Å². The topological polar surface area (TPSA) is 26.3 Å². The highest BCUT2D eigenvalue weighted by Gasteiger charge is 2.03. The fourth-order valence-electron chi connectivity index (χ4n) is 1.32. The average Bonchev–Trinajstić information content (AvgIpc) is 2.72. The van der Waals surface area contributed by atoms with Crippen molar-refractivity contribution in [2.24, 2.45) is 0 Å². The summed E-state index contributed by atoms with van der Waals surface area (Å²) in [7, 11) is 0. The Morgan fingerprint density at radius 2 is 2.18 bits per heavy atom. The van der Waals surface area contributed by atoms with Crippen molar-refractivity contribution in [2.75, 3.05) is 0 Å². The number of benzene rings is 1. The molecule has 0 saturated carbocycles. The molecule has 0 unspecified atom stereocenters. The van der Waals surface area contributed by atoms with Crippen LogP contribution in [0, 0.1) is 5.82 Å². The molecule has 17 heavy (non-hydrogen) atoms. The van der Waals surface area contributed by atoms with Crippen LogP contribution in [0.15, 0.2) is 34.1 Å². The first-order chi connectivity index (χ1) is 8.17. The van der Waals surface area contributed by atoms with Crippen molar-refractivity contribution in [3.05, 3.63) is 50.4 Å². The van der Waals surface area contributed by atoms with Gasteiger partial charge in [-0.3, -0.25) is 4.79 Å². The summed E-state index contributed by atoms with van der Waals surface area (Å²) in [5.41, 5.74) is 0.271. The Labute approximate surface area is 110 Å². The normalized spacial score (nSPS) is 10.2. The molecule has 2 nitrogen and oxygen atoms in total. The van der Waals surface area contributed by atoms with E-state index in [-0.39, 0.29) is 5.56 Å². The first kappa shape index (κ1) is 12.3. The lowest BCUT2D eigenvalue weighted by Crippen LogP contribution is -1.94. The van der Waals surface area contributed by atoms with Crippen LogP contribution >= 0.6 is 27.3 Å². The lowest BCUT2D eigenvalue weighted by atomic mass is 10.2. The van der Waals surface area contributed by atoms with Crippen LogP contribution in [0.25, 0.3) is 0 Å². The third-order valence-corrected chi connectivity index (χ3v) is 3.70. The maximum absolute atomic E-state index is 13.1. The summed E-state index contributed by atoms with van der Waals surface area (Å²) in [4.78, 5) is 11.6. The molecule has 0 aliphatic rings. The number of hydrogen-bond acceptors (Lipinski definition) is 3. The Morgan fingerprint density at radius 3 is 2.82 bits per heavy atom. The minimum atomic E-state index is -0.475. The first-order valence-electron chi connectivity index (χ1n) is 4.79. The Hall–Kier alpha value is -1.20. The van der Waals surface area contributed by atoms with Crippen molar-refractivity contribution in [3.63, 3.8) is 0 Å². The fraction of sp³-hybridized carbons (Fsp3) is 0.0833. The molecule has 2 aromatic rings. The predicted molar refractivity (Wildman–Crippen MR) is 68.1 cm³/mol. The summed E-state index contributed by atoms with van der Waals surface area (Å²) < 4.78 is 19.5. The molecule has 0 aliphatic heterocycles. The Balaban J connectivity index is 2.08. The standard InChI is InChI=1S/C12H8BrFO2S/c13-9-3-12(17-7-9)6-16-11-2-8(5-15)1-10(14)4-11/h1-5,7H,6H2. The zero-order valence-corrected chi connectivity index (χ0v) is 11.1. The third kappa shape index (κ3) is 3.38. The van der Waals surface area contributed by atoms with E-state index in [1.807, 2.05) is 11.4 Å². The number of thiophene rings is 1. The number of ether oxygens (including phenoxy) is 1. The van der Waals surface area contributed by atoms with Gasteiger partial charge in [-0.15, -0.1) is 11.3 Å². The molecular formula is C12H8BrFO2S. The molecule has 0 saturated heterocycles. The van der Waals surface area contributed by atoms with Crippen LogP contribution in [0.5, 0.6) is 5.75 Å². The molecule has 1 heterocycles. The van der Waals surface area contributed by atoms with E-state index in [0.29, 0.717) is 18.6 Å². The summed E-state index contributed by atoms with van der Waals surface area (Å²) in [6, 6.07) is 5.88. The molecule has 0 radical (unpaired) electrons. The second-order valence-corrected chi connectivity index (χ2v) is 5.27. The minimum Gasteiger partial charge on any atom is -0.488 e. The van der Waals surface area contributed by atoms with Crippen LogP contribution in [0.2, 0.25) is 0 Å². The monoisotopic (exact) mass is 314 g/mol. The lowest BCUT2D eigenvalue weighted by Gasteiger charge is -2.05. The molecular weight excluding hydrogens is 307 g/mol. The van der Waals surface area contributed by atoms with E-state index < -0.39 is 5.82 Å². The van der Waals surface area contributed by atoms with Gasteiger partial charge in [0.05, 0.1) is 0 Å². The van der Waals surface area contributed by atoms with E-state index in [4.69, 9.17) is 4.74 Å². The second-order valence-electron chi connectivity index (χ2n) is 3.36. The van der Waals surface area contributed by atoms with Crippen LogP contribution in [0.3, 0.4) is 0 Å². The summed E-state index contributed by atoms with van der Waals surface area (Å²) in [6.45, 7) is 0.359. The summed E-state index contributed by atoms with van der Waals surface area (Å²) in [5, 5.41) is 1.95. The van der Waals surface area contributed by atoms with Crippen molar-refractivity contribution >= 4 is 33.6 Å². The molecule has 0 fully saturated rings. The Kier molecular flexibility index (Phi) is 3.91. The average molecular weight is 315 g/mol. The van der Waals surface area contributed by atoms with Crippen molar-refractivity contribution in [2.45, 2.75) is 6.61 Å². The quantitative estimate of drug-likeness (QED) is 0.796. The molecule has 1 aromatic carbocycles. The summed E-state index contributed by atoms with van der Waals surface area (Å²) >= 11 is 4.89. The summed E-state index contributed by atoms with van der Waals surface area (Å²) in [5.74, 6) is -0.117. The Bertz CT molecular complexity index is 539. The molecule has 2 rings (SSSR count). The van der Waals surface area contributed by atoms with Gasteiger partial charge in [0.1, 0.15) is 24.5 Å². The van der Waals surface area contributed by atoms with Crippen molar-refractivity contribution in [1.82, 2.24) is 0 Å². The zero-order chi connectivity index (χ0) is 12.3. The lowest BCUT2D eigenvalue weighted by molar-refractivity contribution is 0.112. The second kappa shape index (κ2) is 5.42. The zero-order valence-electron chi connectivity index (χ0n) is 8.65. The van der Waals surface area contributed by atoms with Gasteiger partial charge in [-0.1, -0.05) is 0 Å². The van der Waals surface area contributed by atoms with Crippen molar-refractivity contribution in [1.29, 1.82) is 0 Å². The van der Waals surface area contributed by atoms with Crippen molar-refractivity contribution < 1.29 is 13.9 Å². The van der Waals surface area contributed by atoms with E-state index in [9.17, 15) is 9.18 Å². The van der Waals surface area contributed by atoms with Gasteiger partial charge in [-0.2, -0.15) is 0 Å². The van der Waals surface area contributed by atoms with Gasteiger partial charge in [0.2, 0.25) is 0 Å². The SMILES string of the molecule is O=Cc1cc(F)cc(OCc2cc(Br)cs2)c1. The molecule has 0 aliphatic carbocycles. The maximum atomic E-state index is 13.1. The third-order valence-electron chi connectivity index (χ3n) is 2.03. The molecule has 88 valence electrons. The van der Waals surface area contributed by atoms with Gasteiger partial charge in [-0.25, -0.2) is 4.39 Å². The fourth-order valence-corrected chi connectivity index (χ4v) is 2.68. The molecule has 0 amide bonds. The van der Waals surface area contributed by atoms with Gasteiger partial charge in [0.15, 0.2) is 0 Å². The number of rotatable bonds is 4. The van der Waals surface area contributed by atoms with Gasteiger partial charge in [-0.05, 0) is 34.1 Å². The van der Waals surface area contributed by atoms with Crippen LogP contribution in [-0.2, 0) is 6.61 Å². The smallest absolute Gasteiger partial charge is 0.150 e. The van der Waals surface area contributed by atoms with Gasteiger partial charge in [0, 0.05) is 26.4 Å². The van der Waals surface area contributed by atoms with Crippen LogP contribution in [0.1, 0.15) is 15.2 Å². The molecule has 0 bridgehead atoms. The van der Waals surface area contributed by atoms with Crippen LogP contribution in [0.4, 0.5) is 4.39 Å². The number of carbonyl (C=O) groups excluding carboxylic acids is 1. The minimum absolute atomic E-state index is 0.271. The molecule has 0 spiro atoms. The molecule has 0 N–H and O–H groups in total. The predicted octanol–water partition coefficient (Wildman–Crippen LogP) is 4.04. The maximum Gasteiger partial charge on any atom is 0.150 e. The number of hydrogen-bond donors (Lipinski definition) is 0. The number of carbonyl (C=O) groups is 1. The Morgan fingerprint density at radius 1 is 1.35 bits per heavy atom. The highest BCUT2D eigenvalue weighted by atomic mass is 79.9. The van der Waals surface area contributed by atoms with E-state index >= 15 is 0 Å².